The SMILES string of the molecule is CC(=Nc1ccc(C)c(F)c1)c1cccc(C(C)=Nc2c(C)c(C)c(N=C(C)c3cccc(C(C)=Nc4ccc(C)c(F)c4)n3)c(C)c2C)n1.[Cl][Fe][Cl].[Cl][Fe][Cl]. The summed E-state index contributed by atoms with van der Waals surface area (Å²) in [6.45, 7) is 19.4. The van der Waals surface area contributed by atoms with Crippen molar-refractivity contribution in [1.82, 2.24) is 9.97 Å². The Bertz CT molecular complexity index is 2120. The molecular formula is C42H42Cl4F2Fe2N6. The third-order valence-corrected chi connectivity index (χ3v) is 8.99. The van der Waals surface area contributed by atoms with Gasteiger partial charge in [0, 0.05) is 0 Å². The Hall–Kier alpha value is -3.30. The van der Waals surface area contributed by atoms with Crippen molar-refractivity contribution < 1.29 is 35.0 Å². The van der Waals surface area contributed by atoms with Crippen LogP contribution in [0.5, 0.6) is 0 Å². The summed E-state index contributed by atoms with van der Waals surface area (Å²) < 4.78 is 28.2. The summed E-state index contributed by atoms with van der Waals surface area (Å²) in [6, 6.07) is 21.4. The molecule has 0 aliphatic rings. The molecule has 14 heteroatoms. The van der Waals surface area contributed by atoms with E-state index >= 15 is 0 Å². The van der Waals surface area contributed by atoms with Crippen LogP contribution in [0.4, 0.5) is 31.5 Å². The van der Waals surface area contributed by atoms with Crippen LogP contribution in [0.1, 0.15) is 83.9 Å². The molecule has 5 rings (SSSR count). The van der Waals surface area contributed by atoms with Crippen LogP contribution < -0.4 is 0 Å². The van der Waals surface area contributed by atoms with Gasteiger partial charge in [-0.15, -0.1) is 0 Å². The molecule has 0 saturated carbocycles. The van der Waals surface area contributed by atoms with Crippen LogP contribution in [0.3, 0.4) is 0 Å². The van der Waals surface area contributed by atoms with Crippen molar-refractivity contribution in [2.24, 2.45) is 20.0 Å². The van der Waals surface area contributed by atoms with Crippen molar-refractivity contribution >= 4 is 86.0 Å². The Morgan fingerprint density at radius 2 is 0.732 bits per heavy atom. The van der Waals surface area contributed by atoms with Gasteiger partial charge < -0.3 is 0 Å². The zero-order valence-electron chi connectivity index (χ0n) is 32.6. The van der Waals surface area contributed by atoms with E-state index in [1.54, 1.807) is 38.1 Å². The van der Waals surface area contributed by atoms with Crippen molar-refractivity contribution in [2.45, 2.75) is 69.2 Å². The molecule has 0 bridgehead atoms. The summed E-state index contributed by atoms with van der Waals surface area (Å²) in [4.78, 5) is 29.0. The molecule has 0 aliphatic heterocycles. The van der Waals surface area contributed by atoms with E-state index in [4.69, 9.17) is 60.3 Å². The number of hydrogen-bond donors (Lipinski definition) is 0. The maximum absolute atomic E-state index is 14.1. The summed E-state index contributed by atoms with van der Waals surface area (Å²) in [5.74, 6) is -0.570. The van der Waals surface area contributed by atoms with E-state index in [0.717, 1.165) is 56.4 Å². The second-order valence-corrected chi connectivity index (χ2v) is 16.4. The van der Waals surface area contributed by atoms with E-state index in [-0.39, 0.29) is 37.9 Å². The molecule has 0 spiro atoms. The number of aromatic nitrogens is 2. The molecule has 0 unspecified atom stereocenters. The van der Waals surface area contributed by atoms with Crippen LogP contribution in [0.2, 0.25) is 0 Å². The van der Waals surface area contributed by atoms with Gasteiger partial charge in [-0.05, 0) is 151 Å². The molecule has 2 aromatic heterocycles. The standard InChI is InChI=1S/C42H42F2N6.4ClH.2Fe/c1-23-17-19-33(21-35(23)43)45-29(7)37-13-11-15-39(49-37)31(9)47-41-25(3)27(5)42(28(6)26(41)4)48-32(10)40-16-12-14-38(50-40)30(8)46-34-20-18-24(2)36(44)22-34;;;;;;/h11-22H,1-10H3;4*1H;;/q;;;;;2*+2/p-4. The van der Waals surface area contributed by atoms with Crippen molar-refractivity contribution in [2.75, 3.05) is 0 Å². The Morgan fingerprint density at radius 1 is 0.464 bits per heavy atom. The molecule has 0 N–H and O–H groups in total. The summed E-state index contributed by atoms with van der Waals surface area (Å²) in [5.41, 5.74) is 13.9. The van der Waals surface area contributed by atoms with Gasteiger partial charge in [-0.2, -0.15) is 0 Å². The first-order valence-electron chi connectivity index (χ1n) is 17.1. The Balaban J connectivity index is 0.00000132. The van der Waals surface area contributed by atoms with E-state index in [0.29, 0.717) is 45.3 Å². The third-order valence-electron chi connectivity index (χ3n) is 8.99. The van der Waals surface area contributed by atoms with Crippen LogP contribution in [-0.4, -0.2) is 32.8 Å². The van der Waals surface area contributed by atoms with Crippen LogP contribution in [0.15, 0.2) is 92.8 Å². The molecule has 0 radical (unpaired) electrons. The molecule has 298 valence electrons. The fraction of sp³-hybridized carbons (Fsp3) is 0.238. The van der Waals surface area contributed by atoms with Gasteiger partial charge in [0.2, 0.25) is 0 Å². The van der Waals surface area contributed by atoms with Gasteiger partial charge in [-0.1, -0.05) is 24.3 Å². The average molecular weight is 922 g/mol. The number of aliphatic imine (C=N–C) groups is 4. The topological polar surface area (TPSA) is 75.2 Å². The van der Waals surface area contributed by atoms with Gasteiger partial charge in [0.15, 0.2) is 0 Å². The van der Waals surface area contributed by atoms with Gasteiger partial charge in [-0.25, -0.2) is 18.7 Å². The first kappa shape index (κ1) is 47.1. The second kappa shape index (κ2) is 22.6. The summed E-state index contributed by atoms with van der Waals surface area (Å²) in [6.07, 6.45) is 0. The number of pyridine rings is 2. The van der Waals surface area contributed by atoms with Gasteiger partial charge in [0.1, 0.15) is 11.6 Å². The molecule has 0 fully saturated rings. The van der Waals surface area contributed by atoms with E-state index in [2.05, 4.69) is 37.7 Å². The zero-order chi connectivity index (χ0) is 41.7. The molecule has 0 saturated heterocycles. The van der Waals surface area contributed by atoms with E-state index in [9.17, 15) is 8.78 Å². The van der Waals surface area contributed by atoms with Gasteiger partial charge in [-0.3, -0.25) is 20.0 Å². The van der Waals surface area contributed by atoms with E-state index < -0.39 is 0 Å². The van der Waals surface area contributed by atoms with Crippen LogP contribution in [0.25, 0.3) is 0 Å². The van der Waals surface area contributed by atoms with Crippen molar-refractivity contribution in [1.29, 1.82) is 0 Å². The van der Waals surface area contributed by atoms with Gasteiger partial charge in [0.25, 0.3) is 0 Å². The zero-order valence-corrected chi connectivity index (χ0v) is 37.8. The molecule has 0 aliphatic carbocycles. The van der Waals surface area contributed by atoms with Crippen molar-refractivity contribution in [3.8, 4) is 0 Å². The molecule has 5 aromatic rings. The summed E-state index contributed by atoms with van der Waals surface area (Å²) >= 11 is 0.389. The first-order chi connectivity index (χ1) is 26.6. The molecule has 0 amide bonds. The van der Waals surface area contributed by atoms with E-state index in [1.165, 1.54) is 12.1 Å². The van der Waals surface area contributed by atoms with Crippen molar-refractivity contribution in [3.05, 3.63) is 141 Å². The Morgan fingerprint density at radius 3 is 1.00 bits per heavy atom. The number of nitrogens with zero attached hydrogens (tertiary/aromatic N) is 6. The minimum absolute atomic E-state index is 0.194. The predicted molar refractivity (Wildman–Crippen MR) is 227 cm³/mol. The molecule has 2 heterocycles. The molecule has 56 heavy (non-hydrogen) atoms. The quantitative estimate of drug-likeness (QED) is 0.115. The van der Waals surface area contributed by atoms with Gasteiger partial charge >= 0.3 is 66.7 Å². The fourth-order valence-electron chi connectivity index (χ4n) is 5.54. The molecule has 3 aromatic carbocycles. The number of rotatable bonds is 8. The maximum atomic E-state index is 14.1. The molecule has 0 atom stereocenters. The van der Waals surface area contributed by atoms with Crippen LogP contribution >= 0.6 is 40.4 Å². The average Bonchev–Trinajstić information content (AvgIpc) is 3.17. The summed E-state index contributed by atoms with van der Waals surface area (Å²) in [7, 11) is 19.1. The number of aryl methyl sites for hydroxylation is 2. The van der Waals surface area contributed by atoms with Gasteiger partial charge in [0.05, 0.1) is 68.4 Å². The number of halogens is 6. The second-order valence-electron chi connectivity index (χ2n) is 12.8. The third kappa shape index (κ3) is 12.9. The minimum atomic E-state index is -0.285. The predicted octanol–water partition coefficient (Wildman–Crippen LogP) is 13.9. The summed E-state index contributed by atoms with van der Waals surface area (Å²) in [5, 5.41) is 0. The first-order valence-corrected chi connectivity index (χ1v) is 23.1. The number of benzene rings is 3. The van der Waals surface area contributed by atoms with Crippen LogP contribution in [-0.2, 0) is 26.3 Å². The Labute approximate surface area is 358 Å². The van der Waals surface area contributed by atoms with Crippen LogP contribution in [0, 0.1) is 53.2 Å². The monoisotopic (exact) mass is 920 g/mol. The normalized spacial score (nSPS) is 12.3. The van der Waals surface area contributed by atoms with E-state index in [1.807, 2.05) is 64.1 Å². The molecular weight excluding hydrogens is 880 g/mol. The fourth-order valence-corrected chi connectivity index (χ4v) is 5.54. The Kier molecular flexibility index (Phi) is 19.0. The molecule has 6 nitrogen and oxygen atoms in total. The van der Waals surface area contributed by atoms with Crippen molar-refractivity contribution in [3.63, 3.8) is 0 Å². The number of hydrogen-bond acceptors (Lipinski definition) is 6.